The van der Waals surface area contributed by atoms with Gasteiger partial charge in [0.25, 0.3) is 0 Å². The van der Waals surface area contributed by atoms with E-state index in [0.29, 0.717) is 0 Å². The van der Waals surface area contributed by atoms with Crippen molar-refractivity contribution in [3.8, 4) is 44.9 Å². The molecule has 0 aromatic heterocycles. The topological polar surface area (TPSA) is 12.5 Å². The number of hydrogen-bond acceptors (Lipinski definition) is 2. The lowest BCUT2D eigenvalue weighted by Crippen LogP contribution is -2.16. The Kier molecular flexibility index (Phi) is 6.98. The second kappa shape index (κ2) is 11.9. The predicted octanol–water partition coefficient (Wildman–Crippen LogP) is 13.1. The number of allylic oxidation sites excluding steroid dienone is 4. The zero-order chi connectivity index (χ0) is 31.9. The number of fused-ring (bicyclic) bond motifs is 3. The molecule has 228 valence electrons. The molecule has 0 spiro atoms. The zero-order valence-corrected chi connectivity index (χ0v) is 26.5. The number of ether oxygens (including phenoxy) is 1. The van der Waals surface area contributed by atoms with Crippen LogP contribution in [0.4, 0.5) is 17.1 Å². The van der Waals surface area contributed by atoms with E-state index >= 15 is 0 Å². The van der Waals surface area contributed by atoms with Crippen molar-refractivity contribution in [2.45, 2.75) is 12.8 Å². The first-order valence-electron chi connectivity index (χ1n) is 16.7. The maximum atomic E-state index is 6.79. The molecule has 0 unspecified atom stereocenters. The van der Waals surface area contributed by atoms with Crippen LogP contribution in [-0.4, -0.2) is 0 Å². The molecule has 0 saturated carbocycles. The van der Waals surface area contributed by atoms with Gasteiger partial charge in [-0.05, 0) is 105 Å². The number of hydrogen-bond donors (Lipinski definition) is 0. The summed E-state index contributed by atoms with van der Waals surface area (Å²) in [6.07, 6.45) is 9.04. The molecule has 48 heavy (non-hydrogen) atoms. The normalized spacial score (nSPS) is 13.4. The van der Waals surface area contributed by atoms with Gasteiger partial charge in [-0.2, -0.15) is 0 Å². The van der Waals surface area contributed by atoms with Crippen LogP contribution in [0.5, 0.6) is 11.5 Å². The van der Waals surface area contributed by atoms with Crippen molar-refractivity contribution in [1.29, 1.82) is 0 Å². The highest BCUT2D eigenvalue weighted by atomic mass is 16.5. The fourth-order valence-electron chi connectivity index (χ4n) is 6.93. The van der Waals surface area contributed by atoms with Gasteiger partial charge < -0.3 is 9.64 Å². The molecule has 7 aromatic rings. The van der Waals surface area contributed by atoms with Gasteiger partial charge in [-0.15, -0.1) is 0 Å². The maximum Gasteiger partial charge on any atom is 0.152 e. The average molecular weight is 616 g/mol. The van der Waals surface area contributed by atoms with E-state index in [1.807, 2.05) is 0 Å². The van der Waals surface area contributed by atoms with Gasteiger partial charge in [0.15, 0.2) is 11.5 Å². The molecule has 0 radical (unpaired) electrons. The van der Waals surface area contributed by atoms with Crippen molar-refractivity contribution < 1.29 is 4.74 Å². The summed E-state index contributed by atoms with van der Waals surface area (Å²) in [5.74, 6) is 1.68. The van der Waals surface area contributed by atoms with Crippen LogP contribution in [0.1, 0.15) is 18.4 Å². The number of nitrogens with zero attached hydrogens (tertiary/aromatic N) is 1. The second-order valence-corrected chi connectivity index (χ2v) is 12.5. The molecule has 1 aliphatic carbocycles. The molecular weight excluding hydrogens is 583 g/mol. The standard InChI is InChI=1S/C46H33NO/c1-3-9-32(10-4-1)35-15-19-37(20-16-35)40-24-27-43-45(30-40)48-46-31-41(38-21-17-36(18-22-38)33-11-5-2-6-12-33)25-28-44(46)47(43)42-26-23-34-13-7-8-14-39(34)29-42/h1,3-5,7-31H,2,6H2. The van der Waals surface area contributed by atoms with Gasteiger partial charge in [0.05, 0.1) is 11.4 Å². The Morgan fingerprint density at radius 1 is 0.417 bits per heavy atom. The molecule has 0 amide bonds. The Morgan fingerprint density at radius 2 is 0.958 bits per heavy atom. The van der Waals surface area contributed by atoms with Crippen LogP contribution in [0, 0.1) is 0 Å². The third-order valence-electron chi connectivity index (χ3n) is 9.48. The average Bonchev–Trinajstić information content (AvgIpc) is 3.17. The van der Waals surface area contributed by atoms with E-state index in [9.17, 15) is 0 Å². The van der Waals surface area contributed by atoms with Gasteiger partial charge in [-0.3, -0.25) is 0 Å². The van der Waals surface area contributed by atoms with Crippen LogP contribution in [0.2, 0.25) is 0 Å². The molecule has 2 aliphatic rings. The third kappa shape index (κ3) is 5.18. The molecule has 0 saturated heterocycles. The van der Waals surface area contributed by atoms with Crippen LogP contribution in [-0.2, 0) is 0 Å². The Balaban J connectivity index is 1.11. The van der Waals surface area contributed by atoms with Crippen LogP contribution in [0.3, 0.4) is 0 Å². The lowest BCUT2D eigenvalue weighted by atomic mass is 9.96. The van der Waals surface area contributed by atoms with Crippen molar-refractivity contribution in [1.82, 2.24) is 0 Å². The first-order chi connectivity index (χ1) is 23.8. The molecule has 1 aliphatic heterocycles. The van der Waals surface area contributed by atoms with Crippen molar-refractivity contribution in [2.75, 3.05) is 4.90 Å². The van der Waals surface area contributed by atoms with Crippen molar-refractivity contribution in [3.63, 3.8) is 0 Å². The monoisotopic (exact) mass is 615 g/mol. The van der Waals surface area contributed by atoms with Gasteiger partial charge in [0.2, 0.25) is 0 Å². The van der Waals surface area contributed by atoms with Crippen molar-refractivity contribution >= 4 is 33.4 Å². The molecule has 0 atom stereocenters. The molecular formula is C46H33NO. The summed E-state index contributed by atoms with van der Waals surface area (Å²) in [5.41, 5.74) is 12.7. The van der Waals surface area contributed by atoms with Gasteiger partial charge in [0, 0.05) is 5.69 Å². The van der Waals surface area contributed by atoms with E-state index < -0.39 is 0 Å². The minimum Gasteiger partial charge on any atom is -0.453 e. The van der Waals surface area contributed by atoms with Crippen molar-refractivity contribution in [3.05, 3.63) is 182 Å². The van der Waals surface area contributed by atoms with Gasteiger partial charge >= 0.3 is 0 Å². The van der Waals surface area contributed by atoms with Crippen molar-refractivity contribution in [2.24, 2.45) is 0 Å². The summed E-state index contributed by atoms with van der Waals surface area (Å²) in [6, 6.07) is 56.5. The lowest BCUT2D eigenvalue weighted by Gasteiger charge is -2.33. The Labute approximate surface area is 281 Å². The van der Waals surface area contributed by atoms with E-state index in [2.05, 4.69) is 181 Å². The largest absolute Gasteiger partial charge is 0.453 e. The summed E-state index contributed by atoms with van der Waals surface area (Å²) in [5, 5.41) is 2.43. The van der Waals surface area contributed by atoms with Gasteiger partial charge in [-0.25, -0.2) is 0 Å². The molecule has 1 heterocycles. The highest BCUT2D eigenvalue weighted by Crippen LogP contribution is 2.52. The van der Waals surface area contributed by atoms with E-state index in [0.717, 1.165) is 58.1 Å². The predicted molar refractivity (Wildman–Crippen MR) is 201 cm³/mol. The summed E-state index contributed by atoms with van der Waals surface area (Å²) in [4.78, 5) is 2.33. The molecule has 2 nitrogen and oxygen atoms in total. The van der Waals surface area contributed by atoms with Crippen LogP contribution in [0.25, 0.3) is 49.7 Å². The Morgan fingerprint density at radius 3 is 1.58 bits per heavy atom. The highest BCUT2D eigenvalue weighted by molar-refractivity contribution is 5.94. The summed E-state index contributed by atoms with van der Waals surface area (Å²) in [6.45, 7) is 0. The first kappa shape index (κ1) is 28.1. The molecule has 2 heteroatoms. The minimum absolute atomic E-state index is 0.837. The van der Waals surface area contributed by atoms with Gasteiger partial charge in [-0.1, -0.05) is 140 Å². The molecule has 9 rings (SSSR count). The number of benzene rings is 7. The van der Waals surface area contributed by atoms with E-state index in [1.165, 1.54) is 38.6 Å². The second-order valence-electron chi connectivity index (χ2n) is 12.5. The SMILES string of the molecule is C1=CC(c2ccc(-c3ccc4c(c3)Oc3cc(-c5ccc(-c6ccccc6)cc5)ccc3N4c3ccc4ccccc4c3)cc2)=CCC1. The summed E-state index contributed by atoms with van der Waals surface area (Å²) >= 11 is 0. The maximum absolute atomic E-state index is 6.79. The van der Waals surface area contributed by atoms with E-state index in [4.69, 9.17) is 4.74 Å². The number of rotatable bonds is 5. The van der Waals surface area contributed by atoms with Crippen LogP contribution < -0.4 is 9.64 Å². The first-order valence-corrected chi connectivity index (χ1v) is 16.7. The molecule has 0 bridgehead atoms. The quantitative estimate of drug-likeness (QED) is 0.191. The highest BCUT2D eigenvalue weighted by Gasteiger charge is 2.27. The van der Waals surface area contributed by atoms with Crippen LogP contribution in [0.15, 0.2) is 176 Å². The Bertz CT molecular complexity index is 2350. The zero-order valence-electron chi connectivity index (χ0n) is 26.5. The molecule has 7 aromatic carbocycles. The van der Waals surface area contributed by atoms with E-state index in [1.54, 1.807) is 0 Å². The fourth-order valence-corrected chi connectivity index (χ4v) is 6.93. The third-order valence-corrected chi connectivity index (χ3v) is 9.48. The number of anilines is 3. The summed E-state index contributed by atoms with van der Waals surface area (Å²) in [7, 11) is 0. The lowest BCUT2D eigenvalue weighted by molar-refractivity contribution is 0.477. The Hall–Kier alpha value is -6.12. The molecule has 0 fully saturated rings. The van der Waals surface area contributed by atoms with Gasteiger partial charge in [0.1, 0.15) is 0 Å². The van der Waals surface area contributed by atoms with Crippen LogP contribution >= 0.6 is 0 Å². The summed E-state index contributed by atoms with van der Waals surface area (Å²) < 4.78 is 6.79. The minimum atomic E-state index is 0.837. The van der Waals surface area contributed by atoms with E-state index in [-0.39, 0.29) is 0 Å². The fraction of sp³-hybridized carbons (Fsp3) is 0.0435. The molecule has 0 N–H and O–H groups in total. The smallest absolute Gasteiger partial charge is 0.152 e.